The largest absolute Gasteiger partial charge is 0.477 e. The van der Waals surface area contributed by atoms with E-state index in [0.717, 1.165) is 65.0 Å². The number of piperazine rings is 1. The third-order valence-electron chi connectivity index (χ3n) is 6.13. The lowest BCUT2D eigenvalue weighted by Gasteiger charge is -2.34. The molecule has 1 aliphatic heterocycles. The number of aromatic nitrogens is 1. The first-order chi connectivity index (χ1) is 18.3. The van der Waals surface area contributed by atoms with Gasteiger partial charge in [0.1, 0.15) is 29.1 Å². The fourth-order valence-electron chi connectivity index (χ4n) is 4.04. The second-order valence-electron chi connectivity index (χ2n) is 8.84. The highest BCUT2D eigenvalue weighted by atomic mass is 32.1. The van der Waals surface area contributed by atoms with Gasteiger partial charge in [0.05, 0.1) is 12.2 Å². The van der Waals surface area contributed by atoms with Crippen molar-refractivity contribution >= 4 is 28.5 Å². The average molecular weight is 560 g/mol. The number of aliphatic hydroxyl groups excluding tert-OH is 1. The number of aliphatic hydroxyl groups is 1. The molecular formula is C24H32F3N5O5S. The number of hydrogen-bond donors (Lipinski definition) is 4. The zero-order valence-corrected chi connectivity index (χ0v) is 21.7. The van der Waals surface area contributed by atoms with Gasteiger partial charge in [-0.15, -0.1) is 0 Å². The van der Waals surface area contributed by atoms with E-state index in [-0.39, 0.29) is 11.6 Å². The fraction of sp³-hybridized carbons (Fsp3) is 0.542. The second kappa shape index (κ2) is 14.9. The quantitative estimate of drug-likeness (QED) is 0.260. The third-order valence-corrected chi connectivity index (χ3v) is 6.87. The van der Waals surface area contributed by atoms with Gasteiger partial charge in [0.15, 0.2) is 5.56 Å². The molecule has 10 nitrogen and oxygen atoms in total. The number of anilines is 1. The molecule has 1 aromatic heterocycles. The summed E-state index contributed by atoms with van der Waals surface area (Å²) in [5.41, 5.74) is -1.03. The predicted octanol–water partition coefficient (Wildman–Crippen LogP) is 3.13. The van der Waals surface area contributed by atoms with Crippen LogP contribution in [0.5, 0.6) is 5.88 Å². The lowest BCUT2D eigenvalue weighted by molar-refractivity contribution is 0.0693. The molecule has 2 amide bonds. The Bertz CT molecular complexity index is 1060. The van der Waals surface area contributed by atoms with Crippen LogP contribution in [0.3, 0.4) is 0 Å². The van der Waals surface area contributed by atoms with E-state index in [4.69, 9.17) is 9.84 Å². The minimum absolute atomic E-state index is 0.0934. The number of aromatic carboxylic acids is 1. The molecule has 3 rings (SSSR count). The Hall–Kier alpha value is -2.94. The van der Waals surface area contributed by atoms with E-state index in [9.17, 15) is 27.9 Å². The minimum atomic E-state index is -1.45. The van der Waals surface area contributed by atoms with E-state index in [1.807, 2.05) is 0 Å². The molecule has 1 aromatic carbocycles. The fourth-order valence-corrected chi connectivity index (χ4v) is 4.76. The summed E-state index contributed by atoms with van der Waals surface area (Å²) in [6.07, 6.45) is 3.77. The smallest absolute Gasteiger partial charge is 0.344 e. The third kappa shape index (κ3) is 8.82. The summed E-state index contributed by atoms with van der Waals surface area (Å²) in [6, 6.07) is 0.362. The van der Waals surface area contributed by atoms with Crippen LogP contribution < -0.4 is 15.4 Å². The van der Waals surface area contributed by atoms with Crippen LogP contribution in [0.25, 0.3) is 0 Å². The van der Waals surface area contributed by atoms with E-state index in [0.29, 0.717) is 30.2 Å². The molecule has 0 spiro atoms. The van der Waals surface area contributed by atoms with E-state index < -0.39 is 53.1 Å². The number of carbonyl (C=O) groups excluding carboxylic acids is 1. The van der Waals surface area contributed by atoms with Crippen LogP contribution >= 0.6 is 11.5 Å². The maximum Gasteiger partial charge on any atom is 0.344 e. The predicted molar refractivity (Wildman–Crippen MR) is 135 cm³/mol. The van der Waals surface area contributed by atoms with Crippen LogP contribution in [0.1, 0.15) is 41.6 Å². The number of ether oxygens (including phenoxy) is 1. The maximum atomic E-state index is 13.8. The lowest BCUT2D eigenvalue weighted by Crippen LogP contribution is -2.47. The SMILES string of the molecule is O=C(NCCCCCCN1CCN(CCO)CC1)Nc1snc(OCc2c(F)cc(F)cc2F)c1C(=O)O. The van der Waals surface area contributed by atoms with Gasteiger partial charge < -0.3 is 25.2 Å². The number of amides is 2. The molecule has 0 atom stereocenters. The van der Waals surface area contributed by atoms with Gasteiger partial charge in [0, 0.05) is 51.4 Å². The molecule has 0 unspecified atom stereocenters. The zero-order valence-electron chi connectivity index (χ0n) is 20.9. The van der Waals surface area contributed by atoms with Gasteiger partial charge in [-0.05, 0) is 30.9 Å². The highest BCUT2D eigenvalue weighted by Gasteiger charge is 2.24. The molecule has 14 heteroatoms. The molecule has 210 valence electrons. The number of unbranched alkanes of at least 4 members (excludes halogenated alkanes) is 3. The van der Waals surface area contributed by atoms with Crippen molar-refractivity contribution in [1.29, 1.82) is 0 Å². The van der Waals surface area contributed by atoms with E-state index in [1.54, 1.807) is 0 Å². The van der Waals surface area contributed by atoms with Crippen molar-refractivity contribution in [2.75, 3.05) is 57.7 Å². The molecule has 0 aliphatic carbocycles. The normalized spacial score (nSPS) is 14.4. The number of urea groups is 1. The summed E-state index contributed by atoms with van der Waals surface area (Å²) >= 11 is 0.650. The number of carboxylic acid groups (broad SMARTS) is 1. The minimum Gasteiger partial charge on any atom is -0.477 e. The first-order valence-corrected chi connectivity index (χ1v) is 13.2. The molecule has 1 fully saturated rings. The first kappa shape index (κ1) is 29.6. The van der Waals surface area contributed by atoms with Gasteiger partial charge in [0.25, 0.3) is 0 Å². The number of halogens is 3. The summed E-state index contributed by atoms with van der Waals surface area (Å²) in [5.74, 6) is -5.31. The van der Waals surface area contributed by atoms with Crippen LogP contribution in [0.4, 0.5) is 23.0 Å². The Morgan fingerprint density at radius 1 is 1.00 bits per heavy atom. The van der Waals surface area contributed by atoms with E-state index in [1.165, 1.54) is 0 Å². The molecule has 0 radical (unpaired) electrons. The highest BCUT2D eigenvalue weighted by Crippen LogP contribution is 2.31. The molecule has 4 N–H and O–H groups in total. The summed E-state index contributed by atoms with van der Waals surface area (Å²) in [6.45, 7) is 5.58. The number of rotatable bonds is 14. The lowest BCUT2D eigenvalue weighted by atomic mass is 10.2. The molecular weight excluding hydrogens is 527 g/mol. The van der Waals surface area contributed by atoms with Crippen molar-refractivity contribution < 1.29 is 37.7 Å². The van der Waals surface area contributed by atoms with Gasteiger partial charge in [-0.3, -0.25) is 10.2 Å². The molecule has 0 bridgehead atoms. The summed E-state index contributed by atoms with van der Waals surface area (Å²) in [7, 11) is 0. The van der Waals surface area contributed by atoms with Gasteiger partial charge in [-0.1, -0.05) is 12.8 Å². The molecule has 1 saturated heterocycles. The Morgan fingerprint density at radius 2 is 1.63 bits per heavy atom. The second-order valence-corrected chi connectivity index (χ2v) is 9.61. The van der Waals surface area contributed by atoms with Gasteiger partial charge in [-0.2, -0.15) is 4.37 Å². The van der Waals surface area contributed by atoms with Crippen molar-refractivity contribution in [1.82, 2.24) is 19.5 Å². The summed E-state index contributed by atoms with van der Waals surface area (Å²) in [5, 5.41) is 23.5. The average Bonchev–Trinajstić information content (AvgIpc) is 3.26. The highest BCUT2D eigenvalue weighted by molar-refractivity contribution is 7.11. The molecule has 2 heterocycles. The Labute approximate surface area is 222 Å². The Balaban J connectivity index is 1.36. The number of carbonyl (C=O) groups is 2. The van der Waals surface area contributed by atoms with Gasteiger partial charge >= 0.3 is 12.0 Å². The monoisotopic (exact) mass is 559 g/mol. The standard InChI is InChI=1S/C24H32F3N5O5S/c25-16-13-18(26)17(19(27)14-16)15-37-21-20(23(34)35)22(38-30-21)29-24(36)28-5-3-1-2-4-6-31-7-9-32(10-8-31)11-12-33/h13-14,33H,1-12,15H2,(H,34,35)(H2,28,29,36). The Morgan fingerprint density at radius 3 is 2.26 bits per heavy atom. The molecule has 2 aromatic rings. The van der Waals surface area contributed by atoms with Crippen molar-refractivity contribution in [2.24, 2.45) is 0 Å². The molecule has 1 aliphatic rings. The number of carboxylic acids is 1. The zero-order chi connectivity index (χ0) is 27.5. The summed E-state index contributed by atoms with van der Waals surface area (Å²) in [4.78, 5) is 28.6. The van der Waals surface area contributed by atoms with Crippen LogP contribution in [-0.4, -0.2) is 88.8 Å². The number of nitrogens with zero attached hydrogens (tertiary/aromatic N) is 3. The number of benzene rings is 1. The van der Waals surface area contributed by atoms with Crippen LogP contribution in [0.15, 0.2) is 12.1 Å². The first-order valence-electron chi connectivity index (χ1n) is 12.4. The van der Waals surface area contributed by atoms with E-state index in [2.05, 4.69) is 24.8 Å². The van der Waals surface area contributed by atoms with Gasteiger partial charge in [-0.25, -0.2) is 22.8 Å². The van der Waals surface area contributed by atoms with Crippen LogP contribution in [0, 0.1) is 17.5 Å². The topological polar surface area (TPSA) is 127 Å². The summed E-state index contributed by atoms with van der Waals surface area (Å²) < 4.78 is 49.7. The number of β-amino-alcohol motifs (C(OH)–C–C–N with tert-alkyl or cyclic N) is 1. The van der Waals surface area contributed by atoms with Crippen molar-refractivity contribution in [3.8, 4) is 5.88 Å². The number of hydrogen-bond acceptors (Lipinski definition) is 8. The van der Waals surface area contributed by atoms with Gasteiger partial charge in [0.2, 0.25) is 5.88 Å². The van der Waals surface area contributed by atoms with Crippen molar-refractivity contribution in [3.63, 3.8) is 0 Å². The molecule has 0 saturated carbocycles. The van der Waals surface area contributed by atoms with Crippen molar-refractivity contribution in [3.05, 3.63) is 40.7 Å². The Kier molecular flexibility index (Phi) is 11.6. The maximum absolute atomic E-state index is 13.8. The van der Waals surface area contributed by atoms with Crippen LogP contribution in [-0.2, 0) is 6.61 Å². The van der Waals surface area contributed by atoms with Crippen molar-refractivity contribution in [2.45, 2.75) is 32.3 Å². The molecule has 38 heavy (non-hydrogen) atoms. The number of nitrogens with one attached hydrogen (secondary N) is 2. The van der Waals surface area contributed by atoms with E-state index >= 15 is 0 Å². The van der Waals surface area contributed by atoms with Crippen LogP contribution in [0.2, 0.25) is 0 Å².